The normalized spacial score (nSPS) is 10.6. The molecule has 0 radical (unpaired) electrons. The third-order valence-electron chi connectivity index (χ3n) is 2.86. The molecule has 0 aliphatic carbocycles. The Morgan fingerprint density at radius 1 is 1.39 bits per heavy atom. The summed E-state index contributed by atoms with van der Waals surface area (Å²) in [4.78, 5) is 11.9. The van der Waals surface area contributed by atoms with Crippen molar-refractivity contribution in [1.82, 2.24) is 9.88 Å². The van der Waals surface area contributed by atoms with Gasteiger partial charge in [0.1, 0.15) is 5.69 Å². The summed E-state index contributed by atoms with van der Waals surface area (Å²) in [5.41, 5.74) is 6.91. The molecule has 0 spiro atoms. The number of aryl methyl sites for hydroxylation is 1. The monoisotopic (exact) mass is 253 g/mol. The second kappa shape index (κ2) is 7.76. The van der Waals surface area contributed by atoms with Gasteiger partial charge in [0.05, 0.1) is 5.69 Å². The molecule has 0 fully saturated rings. The van der Waals surface area contributed by atoms with Crippen LogP contribution in [0.4, 0.5) is 5.69 Å². The van der Waals surface area contributed by atoms with Crippen molar-refractivity contribution < 1.29 is 9.90 Å². The minimum absolute atomic E-state index is 0.0734. The fourth-order valence-corrected chi connectivity index (χ4v) is 1.87. The SMILES string of the molecule is CCn1cc(N)cc1C(=O)NCCCCCCO. The molecule has 0 unspecified atom stereocenters. The number of aromatic nitrogens is 1. The summed E-state index contributed by atoms with van der Waals surface area (Å²) in [6, 6.07) is 1.70. The number of hydrogen-bond acceptors (Lipinski definition) is 3. The van der Waals surface area contributed by atoms with Crippen LogP contribution in [-0.2, 0) is 6.54 Å². The summed E-state index contributed by atoms with van der Waals surface area (Å²) in [5, 5.41) is 11.5. The van der Waals surface area contributed by atoms with E-state index < -0.39 is 0 Å². The predicted molar refractivity (Wildman–Crippen MR) is 72.4 cm³/mol. The first-order chi connectivity index (χ1) is 8.69. The van der Waals surface area contributed by atoms with Crippen LogP contribution in [0, 0.1) is 0 Å². The first-order valence-electron chi connectivity index (χ1n) is 6.53. The minimum Gasteiger partial charge on any atom is -0.397 e. The highest BCUT2D eigenvalue weighted by Gasteiger charge is 2.10. The highest BCUT2D eigenvalue weighted by atomic mass is 16.2. The van der Waals surface area contributed by atoms with Crippen LogP contribution < -0.4 is 11.1 Å². The highest BCUT2D eigenvalue weighted by Crippen LogP contribution is 2.10. The Morgan fingerprint density at radius 3 is 2.78 bits per heavy atom. The molecule has 1 rings (SSSR count). The van der Waals surface area contributed by atoms with E-state index in [1.165, 1.54) is 0 Å². The van der Waals surface area contributed by atoms with Crippen LogP contribution in [0.3, 0.4) is 0 Å². The molecule has 0 aromatic carbocycles. The molecule has 0 saturated carbocycles. The van der Waals surface area contributed by atoms with Crippen molar-refractivity contribution in [3.63, 3.8) is 0 Å². The number of hydrogen-bond donors (Lipinski definition) is 3. The number of amides is 1. The minimum atomic E-state index is -0.0734. The summed E-state index contributed by atoms with van der Waals surface area (Å²) < 4.78 is 1.84. The van der Waals surface area contributed by atoms with Gasteiger partial charge in [0.2, 0.25) is 0 Å². The number of nitrogen functional groups attached to an aromatic ring is 1. The standard InChI is InChI=1S/C13H23N3O2/c1-2-16-10-11(14)9-12(16)13(18)15-7-5-3-4-6-8-17/h9-10,17H,2-8,14H2,1H3,(H,15,18). The van der Waals surface area contributed by atoms with Crippen molar-refractivity contribution in [2.75, 3.05) is 18.9 Å². The molecule has 18 heavy (non-hydrogen) atoms. The predicted octanol–water partition coefficient (Wildman–Crippen LogP) is 1.37. The second-order valence-electron chi connectivity index (χ2n) is 4.34. The molecular formula is C13H23N3O2. The number of rotatable bonds is 8. The fourth-order valence-electron chi connectivity index (χ4n) is 1.87. The van der Waals surface area contributed by atoms with E-state index in [1.807, 2.05) is 11.5 Å². The summed E-state index contributed by atoms with van der Waals surface area (Å²) in [6.45, 7) is 3.62. The molecular weight excluding hydrogens is 230 g/mol. The number of carbonyl (C=O) groups excluding carboxylic acids is 1. The zero-order valence-corrected chi connectivity index (χ0v) is 11.0. The van der Waals surface area contributed by atoms with Crippen molar-refractivity contribution >= 4 is 11.6 Å². The molecule has 1 aromatic rings. The molecule has 0 aliphatic heterocycles. The van der Waals surface area contributed by atoms with Gasteiger partial charge in [0.25, 0.3) is 5.91 Å². The van der Waals surface area contributed by atoms with E-state index in [4.69, 9.17) is 10.8 Å². The van der Waals surface area contributed by atoms with Gasteiger partial charge in [-0.15, -0.1) is 0 Å². The number of aliphatic hydroxyl groups is 1. The third kappa shape index (κ3) is 4.41. The van der Waals surface area contributed by atoms with Crippen LogP contribution in [0.15, 0.2) is 12.3 Å². The van der Waals surface area contributed by atoms with Gasteiger partial charge in [-0.25, -0.2) is 0 Å². The molecule has 5 heteroatoms. The van der Waals surface area contributed by atoms with E-state index in [2.05, 4.69) is 5.32 Å². The number of anilines is 1. The van der Waals surface area contributed by atoms with Crippen LogP contribution in [-0.4, -0.2) is 28.7 Å². The maximum absolute atomic E-state index is 11.9. The number of nitrogens with one attached hydrogen (secondary N) is 1. The van der Waals surface area contributed by atoms with Crippen LogP contribution in [0.1, 0.15) is 43.1 Å². The Bertz CT molecular complexity index is 374. The molecule has 102 valence electrons. The lowest BCUT2D eigenvalue weighted by molar-refractivity contribution is 0.0943. The Morgan fingerprint density at radius 2 is 2.11 bits per heavy atom. The molecule has 1 amide bonds. The summed E-state index contributed by atoms with van der Waals surface area (Å²) in [7, 11) is 0. The molecule has 0 bridgehead atoms. The Balaban J connectivity index is 2.32. The zero-order valence-electron chi connectivity index (χ0n) is 11.0. The molecule has 0 saturated heterocycles. The first kappa shape index (κ1) is 14.6. The lowest BCUT2D eigenvalue weighted by atomic mass is 10.2. The lowest BCUT2D eigenvalue weighted by Gasteiger charge is -2.07. The number of carbonyl (C=O) groups is 1. The summed E-state index contributed by atoms with van der Waals surface area (Å²) >= 11 is 0. The number of aliphatic hydroxyl groups excluding tert-OH is 1. The summed E-state index contributed by atoms with van der Waals surface area (Å²) in [6.07, 6.45) is 5.58. The van der Waals surface area contributed by atoms with E-state index in [1.54, 1.807) is 12.3 Å². The Labute approximate surface area is 108 Å². The van der Waals surface area contributed by atoms with Gasteiger partial charge in [0, 0.05) is 25.9 Å². The van der Waals surface area contributed by atoms with Crippen molar-refractivity contribution in [2.24, 2.45) is 0 Å². The smallest absolute Gasteiger partial charge is 0.267 e. The van der Waals surface area contributed by atoms with E-state index in [0.717, 1.165) is 32.2 Å². The van der Waals surface area contributed by atoms with Crippen LogP contribution in [0.5, 0.6) is 0 Å². The quantitative estimate of drug-likeness (QED) is 0.612. The third-order valence-corrected chi connectivity index (χ3v) is 2.86. The van der Waals surface area contributed by atoms with Crippen LogP contribution in [0.25, 0.3) is 0 Å². The van der Waals surface area contributed by atoms with E-state index in [-0.39, 0.29) is 12.5 Å². The van der Waals surface area contributed by atoms with Gasteiger partial charge in [-0.05, 0) is 25.8 Å². The van der Waals surface area contributed by atoms with Gasteiger partial charge in [-0.2, -0.15) is 0 Å². The van der Waals surface area contributed by atoms with Crippen molar-refractivity contribution in [3.05, 3.63) is 18.0 Å². The maximum atomic E-state index is 11.9. The average molecular weight is 253 g/mol. The lowest BCUT2D eigenvalue weighted by Crippen LogP contribution is -2.26. The zero-order chi connectivity index (χ0) is 13.4. The number of nitrogens with two attached hydrogens (primary N) is 1. The largest absolute Gasteiger partial charge is 0.397 e. The van der Waals surface area contributed by atoms with Gasteiger partial charge in [0.15, 0.2) is 0 Å². The van der Waals surface area contributed by atoms with Gasteiger partial charge in [-0.3, -0.25) is 4.79 Å². The van der Waals surface area contributed by atoms with Gasteiger partial charge in [-0.1, -0.05) is 12.8 Å². The van der Waals surface area contributed by atoms with Crippen LogP contribution in [0.2, 0.25) is 0 Å². The number of unbranched alkanes of at least 4 members (excludes halogenated alkanes) is 3. The Kier molecular flexibility index (Phi) is 6.28. The van der Waals surface area contributed by atoms with Gasteiger partial charge >= 0.3 is 0 Å². The number of nitrogens with zero attached hydrogens (tertiary/aromatic N) is 1. The van der Waals surface area contributed by atoms with Crippen molar-refractivity contribution in [1.29, 1.82) is 0 Å². The molecule has 0 aliphatic rings. The topological polar surface area (TPSA) is 80.3 Å². The molecule has 1 aromatic heterocycles. The summed E-state index contributed by atoms with van der Waals surface area (Å²) in [5.74, 6) is -0.0734. The van der Waals surface area contributed by atoms with Gasteiger partial charge < -0.3 is 20.7 Å². The molecule has 1 heterocycles. The molecule has 0 atom stereocenters. The van der Waals surface area contributed by atoms with E-state index >= 15 is 0 Å². The molecule has 5 nitrogen and oxygen atoms in total. The van der Waals surface area contributed by atoms with Crippen molar-refractivity contribution in [2.45, 2.75) is 39.2 Å². The van der Waals surface area contributed by atoms with Crippen molar-refractivity contribution in [3.8, 4) is 0 Å². The highest BCUT2D eigenvalue weighted by molar-refractivity contribution is 5.93. The Hall–Kier alpha value is -1.49. The van der Waals surface area contributed by atoms with E-state index in [9.17, 15) is 4.79 Å². The fraction of sp³-hybridized carbons (Fsp3) is 0.615. The first-order valence-corrected chi connectivity index (χ1v) is 6.53. The maximum Gasteiger partial charge on any atom is 0.267 e. The van der Waals surface area contributed by atoms with Crippen LogP contribution >= 0.6 is 0 Å². The molecule has 4 N–H and O–H groups in total. The van der Waals surface area contributed by atoms with E-state index in [0.29, 0.717) is 17.9 Å². The average Bonchev–Trinajstić information content (AvgIpc) is 2.74. The second-order valence-corrected chi connectivity index (χ2v) is 4.34.